The number of rotatable bonds is 4. The second kappa shape index (κ2) is 5.09. The first kappa shape index (κ1) is 12.4. The van der Waals surface area contributed by atoms with Crippen molar-refractivity contribution in [2.24, 2.45) is 0 Å². The molecule has 0 fully saturated rings. The van der Waals surface area contributed by atoms with Gasteiger partial charge in [0.2, 0.25) is 0 Å². The van der Waals surface area contributed by atoms with Gasteiger partial charge in [0.05, 0.1) is 0 Å². The average molecular weight is 232 g/mol. The van der Waals surface area contributed by atoms with Gasteiger partial charge in [-0.2, -0.15) is 0 Å². The van der Waals surface area contributed by atoms with Crippen molar-refractivity contribution in [2.75, 3.05) is 18.9 Å². The molecule has 0 spiro atoms. The van der Waals surface area contributed by atoms with E-state index in [4.69, 9.17) is 0 Å². The van der Waals surface area contributed by atoms with Crippen LogP contribution in [-0.4, -0.2) is 19.1 Å². The van der Waals surface area contributed by atoms with Gasteiger partial charge < -0.3 is 10.6 Å². The lowest BCUT2D eigenvalue weighted by molar-refractivity contribution is 0.530. The Morgan fingerprint density at radius 3 is 2.53 bits per heavy atom. The summed E-state index contributed by atoms with van der Waals surface area (Å²) in [5.74, 6) is 0. The Kier molecular flexibility index (Phi) is 3.72. The smallest absolute Gasteiger partial charge is 0.0441 e. The Hall–Kier alpha value is -1.02. The third-order valence-electron chi connectivity index (χ3n) is 3.45. The van der Waals surface area contributed by atoms with Crippen LogP contribution in [0.4, 0.5) is 5.69 Å². The first-order valence-corrected chi connectivity index (χ1v) is 6.65. The predicted octanol–water partition coefficient (Wildman–Crippen LogP) is 2.98. The Bertz CT molecular complexity index is 383. The molecule has 0 atom stereocenters. The predicted molar refractivity (Wildman–Crippen MR) is 74.7 cm³/mol. The van der Waals surface area contributed by atoms with Crippen LogP contribution in [0.15, 0.2) is 18.2 Å². The summed E-state index contributed by atoms with van der Waals surface area (Å²) in [6.45, 7) is 5.41. The van der Waals surface area contributed by atoms with Crippen molar-refractivity contribution < 1.29 is 0 Å². The Balaban J connectivity index is 2.11. The molecule has 2 rings (SSSR count). The average Bonchev–Trinajstić information content (AvgIpc) is 2.28. The van der Waals surface area contributed by atoms with E-state index in [9.17, 15) is 0 Å². The molecule has 0 heterocycles. The zero-order valence-corrected chi connectivity index (χ0v) is 11.3. The molecule has 0 radical (unpaired) electrons. The fourth-order valence-corrected chi connectivity index (χ4v) is 2.69. The normalized spacial score (nSPS) is 15.5. The zero-order valence-electron chi connectivity index (χ0n) is 11.3. The minimum Gasteiger partial charge on any atom is -0.379 e. The van der Waals surface area contributed by atoms with Crippen LogP contribution in [0.3, 0.4) is 0 Å². The van der Waals surface area contributed by atoms with Crippen molar-refractivity contribution in [3.63, 3.8) is 0 Å². The minimum atomic E-state index is 0.0949. The maximum Gasteiger partial charge on any atom is 0.0441 e. The fraction of sp³-hybridized carbons (Fsp3) is 0.600. The molecule has 1 aromatic rings. The van der Waals surface area contributed by atoms with Crippen molar-refractivity contribution in [2.45, 2.75) is 45.1 Å². The third kappa shape index (κ3) is 3.22. The summed E-state index contributed by atoms with van der Waals surface area (Å²) in [7, 11) is 2.00. The summed E-state index contributed by atoms with van der Waals surface area (Å²) in [6.07, 6.45) is 5.20. The van der Waals surface area contributed by atoms with Gasteiger partial charge in [-0.15, -0.1) is 0 Å². The van der Waals surface area contributed by atoms with E-state index in [1.54, 1.807) is 11.1 Å². The first-order chi connectivity index (χ1) is 8.11. The largest absolute Gasteiger partial charge is 0.379 e. The number of anilines is 1. The van der Waals surface area contributed by atoms with E-state index in [2.05, 4.69) is 42.7 Å². The molecule has 94 valence electrons. The van der Waals surface area contributed by atoms with Gasteiger partial charge in [0.1, 0.15) is 0 Å². The number of benzene rings is 1. The van der Waals surface area contributed by atoms with E-state index in [1.165, 1.54) is 31.4 Å². The molecule has 1 aliphatic carbocycles. The Labute approximate surface area is 105 Å². The van der Waals surface area contributed by atoms with Crippen molar-refractivity contribution >= 4 is 5.69 Å². The molecule has 0 aromatic heterocycles. The second-order valence-electron chi connectivity index (χ2n) is 5.73. The standard InChI is InChI=1S/C15H24N2/c1-15(2,11-16-3)17-14-9-8-12-6-4-5-7-13(12)10-14/h8-10,16-17H,4-7,11H2,1-3H3. The molecular formula is C15H24N2. The van der Waals surface area contributed by atoms with Crippen LogP contribution in [-0.2, 0) is 12.8 Å². The number of nitrogens with one attached hydrogen (secondary N) is 2. The molecule has 1 aliphatic rings. The highest BCUT2D eigenvalue weighted by Gasteiger charge is 2.17. The topological polar surface area (TPSA) is 24.1 Å². The number of hydrogen-bond acceptors (Lipinski definition) is 2. The van der Waals surface area contributed by atoms with E-state index in [0.717, 1.165) is 6.54 Å². The van der Waals surface area contributed by atoms with Gasteiger partial charge in [-0.05, 0) is 69.8 Å². The molecule has 0 amide bonds. The summed E-state index contributed by atoms with van der Waals surface area (Å²) in [5.41, 5.74) is 4.44. The SMILES string of the molecule is CNCC(C)(C)Nc1ccc2c(c1)CCCC2. The van der Waals surface area contributed by atoms with Crippen molar-refractivity contribution in [1.82, 2.24) is 5.32 Å². The molecule has 2 heteroatoms. The Morgan fingerprint density at radius 2 is 1.82 bits per heavy atom. The number of likely N-dealkylation sites (N-methyl/N-ethyl adjacent to an activating group) is 1. The zero-order chi connectivity index (χ0) is 12.3. The fourth-order valence-electron chi connectivity index (χ4n) is 2.69. The van der Waals surface area contributed by atoms with Crippen LogP contribution in [0, 0.1) is 0 Å². The molecule has 0 saturated carbocycles. The quantitative estimate of drug-likeness (QED) is 0.834. The van der Waals surface area contributed by atoms with Crippen LogP contribution >= 0.6 is 0 Å². The first-order valence-electron chi connectivity index (χ1n) is 6.65. The summed E-state index contributed by atoms with van der Waals surface area (Å²) >= 11 is 0. The van der Waals surface area contributed by atoms with Gasteiger partial charge in [-0.1, -0.05) is 6.07 Å². The van der Waals surface area contributed by atoms with Gasteiger partial charge >= 0.3 is 0 Å². The van der Waals surface area contributed by atoms with Crippen LogP contribution in [0.5, 0.6) is 0 Å². The van der Waals surface area contributed by atoms with Crippen molar-refractivity contribution in [3.05, 3.63) is 29.3 Å². The highest BCUT2D eigenvalue weighted by Crippen LogP contribution is 2.25. The number of aryl methyl sites for hydroxylation is 2. The molecule has 0 bridgehead atoms. The van der Waals surface area contributed by atoms with E-state index in [0.29, 0.717) is 0 Å². The monoisotopic (exact) mass is 232 g/mol. The van der Waals surface area contributed by atoms with Crippen LogP contribution < -0.4 is 10.6 Å². The second-order valence-corrected chi connectivity index (χ2v) is 5.73. The molecule has 2 nitrogen and oxygen atoms in total. The van der Waals surface area contributed by atoms with Crippen LogP contribution in [0.1, 0.15) is 37.8 Å². The molecule has 0 saturated heterocycles. The van der Waals surface area contributed by atoms with Gasteiger partial charge in [0.15, 0.2) is 0 Å². The molecule has 17 heavy (non-hydrogen) atoms. The summed E-state index contributed by atoms with van der Waals surface area (Å²) in [6, 6.07) is 6.86. The third-order valence-corrected chi connectivity index (χ3v) is 3.45. The molecule has 0 aliphatic heterocycles. The highest BCUT2D eigenvalue weighted by molar-refractivity contribution is 5.51. The van der Waals surface area contributed by atoms with E-state index < -0.39 is 0 Å². The maximum atomic E-state index is 3.61. The van der Waals surface area contributed by atoms with Gasteiger partial charge in [-0.3, -0.25) is 0 Å². The number of hydrogen-bond donors (Lipinski definition) is 2. The van der Waals surface area contributed by atoms with E-state index >= 15 is 0 Å². The molecule has 0 unspecified atom stereocenters. The van der Waals surface area contributed by atoms with E-state index in [1.807, 2.05) is 7.05 Å². The van der Waals surface area contributed by atoms with Gasteiger partial charge in [0, 0.05) is 17.8 Å². The lowest BCUT2D eigenvalue weighted by Crippen LogP contribution is -2.40. The summed E-state index contributed by atoms with van der Waals surface area (Å²) < 4.78 is 0. The van der Waals surface area contributed by atoms with Gasteiger partial charge in [0.25, 0.3) is 0 Å². The van der Waals surface area contributed by atoms with Gasteiger partial charge in [-0.25, -0.2) is 0 Å². The van der Waals surface area contributed by atoms with Crippen molar-refractivity contribution in [3.8, 4) is 0 Å². The maximum absolute atomic E-state index is 3.61. The van der Waals surface area contributed by atoms with Crippen molar-refractivity contribution in [1.29, 1.82) is 0 Å². The van der Waals surface area contributed by atoms with Crippen LogP contribution in [0.25, 0.3) is 0 Å². The number of fused-ring (bicyclic) bond motifs is 1. The van der Waals surface area contributed by atoms with Crippen LogP contribution in [0.2, 0.25) is 0 Å². The molecule has 1 aromatic carbocycles. The summed E-state index contributed by atoms with van der Waals surface area (Å²) in [4.78, 5) is 0. The Morgan fingerprint density at radius 1 is 1.12 bits per heavy atom. The minimum absolute atomic E-state index is 0.0949. The van der Waals surface area contributed by atoms with E-state index in [-0.39, 0.29) is 5.54 Å². The molecule has 2 N–H and O–H groups in total. The lowest BCUT2D eigenvalue weighted by atomic mass is 9.91. The highest BCUT2D eigenvalue weighted by atomic mass is 15.0. The summed E-state index contributed by atoms with van der Waals surface area (Å²) in [5, 5.41) is 6.83. The lowest BCUT2D eigenvalue weighted by Gasteiger charge is -2.28. The molecular weight excluding hydrogens is 208 g/mol.